The summed E-state index contributed by atoms with van der Waals surface area (Å²) in [6.45, 7) is 7.60. The van der Waals surface area contributed by atoms with Crippen molar-refractivity contribution >= 4 is 5.97 Å². The van der Waals surface area contributed by atoms with Crippen LogP contribution < -0.4 is 14.2 Å². The van der Waals surface area contributed by atoms with E-state index in [1.54, 1.807) is 26.2 Å². The Labute approximate surface area is 136 Å². The maximum atomic E-state index is 11.6. The number of hydrogen-bond donors (Lipinski definition) is 0. The van der Waals surface area contributed by atoms with Crippen molar-refractivity contribution in [3.8, 4) is 28.4 Å². The molecule has 120 valence electrons. The number of methoxy groups -OCH3 is 1. The van der Waals surface area contributed by atoms with Gasteiger partial charge >= 0.3 is 5.97 Å². The quantitative estimate of drug-likeness (QED) is 0.454. The third kappa shape index (κ3) is 4.13. The second-order valence-electron chi connectivity index (χ2n) is 4.99. The molecule has 0 amide bonds. The number of rotatable bonds is 6. The largest absolute Gasteiger partial charge is 0.497 e. The fraction of sp³-hybridized carbons (Fsp3) is 0.211. The van der Waals surface area contributed by atoms with Crippen LogP contribution in [0.3, 0.4) is 0 Å². The van der Waals surface area contributed by atoms with Crippen molar-refractivity contribution in [1.29, 1.82) is 0 Å². The summed E-state index contributed by atoms with van der Waals surface area (Å²) in [5.41, 5.74) is 2.26. The summed E-state index contributed by atoms with van der Waals surface area (Å²) in [5, 5.41) is 0. The molecule has 23 heavy (non-hydrogen) atoms. The molecule has 0 bridgehead atoms. The predicted octanol–water partition coefficient (Wildman–Crippen LogP) is 4.24. The van der Waals surface area contributed by atoms with Crippen LogP contribution in [0.2, 0.25) is 0 Å². The molecule has 0 aromatic heterocycles. The van der Waals surface area contributed by atoms with Crippen LogP contribution in [-0.4, -0.2) is 19.7 Å². The van der Waals surface area contributed by atoms with Crippen LogP contribution in [0, 0.1) is 0 Å². The molecule has 0 unspecified atom stereocenters. The van der Waals surface area contributed by atoms with Gasteiger partial charge in [0.2, 0.25) is 0 Å². The third-order valence-electron chi connectivity index (χ3n) is 3.21. The summed E-state index contributed by atoms with van der Waals surface area (Å²) >= 11 is 0. The number of benzene rings is 2. The second kappa shape index (κ2) is 7.49. The third-order valence-corrected chi connectivity index (χ3v) is 3.21. The van der Waals surface area contributed by atoms with Crippen molar-refractivity contribution in [2.45, 2.75) is 13.8 Å². The van der Waals surface area contributed by atoms with Gasteiger partial charge in [-0.25, -0.2) is 4.79 Å². The Morgan fingerprint density at radius 2 is 1.74 bits per heavy atom. The zero-order valence-electron chi connectivity index (χ0n) is 13.6. The Hall–Kier alpha value is -2.75. The summed E-state index contributed by atoms with van der Waals surface area (Å²) in [5.74, 6) is 1.42. The molecule has 4 heteroatoms. The van der Waals surface area contributed by atoms with Crippen molar-refractivity contribution in [1.82, 2.24) is 0 Å². The maximum Gasteiger partial charge on any atom is 0.338 e. The highest BCUT2D eigenvalue weighted by atomic mass is 16.5. The molecule has 2 aromatic rings. The van der Waals surface area contributed by atoms with Crippen LogP contribution in [0.25, 0.3) is 11.1 Å². The highest BCUT2D eigenvalue weighted by Gasteiger charge is 2.11. The van der Waals surface area contributed by atoms with E-state index in [1.807, 2.05) is 37.3 Å². The standard InChI is InChI=1S/C19H20O4/c1-5-22-18-12-16(23-19(20)13(2)3)10-11-17(18)14-6-8-15(21-4)9-7-14/h6-12H,2,5H2,1,3-4H3. The van der Waals surface area contributed by atoms with Gasteiger partial charge < -0.3 is 14.2 Å². The normalized spacial score (nSPS) is 10.0. The first kappa shape index (κ1) is 16.6. The average molecular weight is 312 g/mol. The first-order valence-electron chi connectivity index (χ1n) is 7.34. The molecule has 2 aromatic carbocycles. The number of hydrogen-bond acceptors (Lipinski definition) is 4. The summed E-state index contributed by atoms with van der Waals surface area (Å²) in [6, 6.07) is 13.0. The molecule has 0 aliphatic carbocycles. The number of ether oxygens (including phenoxy) is 3. The van der Waals surface area contributed by atoms with E-state index in [4.69, 9.17) is 14.2 Å². The fourth-order valence-corrected chi connectivity index (χ4v) is 2.04. The average Bonchev–Trinajstić information content (AvgIpc) is 2.55. The molecule has 0 heterocycles. The van der Waals surface area contributed by atoms with Crippen LogP contribution in [0.15, 0.2) is 54.6 Å². The minimum atomic E-state index is -0.454. The second-order valence-corrected chi connectivity index (χ2v) is 4.99. The zero-order chi connectivity index (χ0) is 16.8. The van der Waals surface area contributed by atoms with Gasteiger partial charge in [0, 0.05) is 17.2 Å². The lowest BCUT2D eigenvalue weighted by Crippen LogP contribution is -2.08. The van der Waals surface area contributed by atoms with E-state index < -0.39 is 5.97 Å². The van der Waals surface area contributed by atoms with Crippen molar-refractivity contribution < 1.29 is 19.0 Å². The van der Waals surface area contributed by atoms with E-state index in [0.717, 1.165) is 16.9 Å². The molecule has 0 N–H and O–H groups in total. The number of carbonyl (C=O) groups excluding carboxylic acids is 1. The van der Waals surface area contributed by atoms with Gasteiger partial charge in [-0.1, -0.05) is 18.7 Å². The van der Waals surface area contributed by atoms with Gasteiger partial charge in [-0.15, -0.1) is 0 Å². The summed E-state index contributed by atoms with van der Waals surface area (Å²) < 4.78 is 16.1. The molecule has 0 atom stereocenters. The molecule has 0 saturated heterocycles. The summed E-state index contributed by atoms with van der Waals surface area (Å²) in [4.78, 5) is 11.6. The lowest BCUT2D eigenvalue weighted by Gasteiger charge is -2.13. The Kier molecular flexibility index (Phi) is 5.41. The van der Waals surface area contributed by atoms with Crippen LogP contribution >= 0.6 is 0 Å². The molecular weight excluding hydrogens is 292 g/mol. The van der Waals surface area contributed by atoms with Crippen LogP contribution in [0.1, 0.15) is 13.8 Å². The Bertz CT molecular complexity index is 702. The molecular formula is C19H20O4. The first-order valence-corrected chi connectivity index (χ1v) is 7.34. The van der Waals surface area contributed by atoms with Crippen molar-refractivity contribution in [2.24, 2.45) is 0 Å². The van der Waals surface area contributed by atoms with E-state index in [0.29, 0.717) is 23.7 Å². The van der Waals surface area contributed by atoms with Gasteiger partial charge in [-0.05, 0) is 43.7 Å². The highest BCUT2D eigenvalue weighted by molar-refractivity contribution is 5.89. The van der Waals surface area contributed by atoms with Crippen LogP contribution in [0.4, 0.5) is 0 Å². The van der Waals surface area contributed by atoms with Gasteiger partial charge in [-0.2, -0.15) is 0 Å². The lowest BCUT2D eigenvalue weighted by molar-refractivity contribution is -0.130. The van der Waals surface area contributed by atoms with Crippen LogP contribution in [0.5, 0.6) is 17.2 Å². The molecule has 0 spiro atoms. The Morgan fingerprint density at radius 3 is 2.30 bits per heavy atom. The van der Waals surface area contributed by atoms with E-state index in [2.05, 4.69) is 6.58 Å². The topological polar surface area (TPSA) is 44.8 Å². The Morgan fingerprint density at radius 1 is 1.09 bits per heavy atom. The van der Waals surface area contributed by atoms with Gasteiger partial charge in [0.1, 0.15) is 17.2 Å². The highest BCUT2D eigenvalue weighted by Crippen LogP contribution is 2.34. The SMILES string of the molecule is C=C(C)C(=O)Oc1ccc(-c2ccc(OC)cc2)c(OCC)c1. The molecule has 0 saturated carbocycles. The van der Waals surface area contributed by atoms with Gasteiger partial charge in [0.15, 0.2) is 0 Å². The van der Waals surface area contributed by atoms with E-state index in [1.165, 1.54) is 0 Å². The van der Waals surface area contributed by atoms with Gasteiger partial charge in [0.25, 0.3) is 0 Å². The van der Waals surface area contributed by atoms with Gasteiger partial charge in [-0.3, -0.25) is 0 Å². The molecule has 2 rings (SSSR count). The van der Waals surface area contributed by atoms with Crippen molar-refractivity contribution in [3.63, 3.8) is 0 Å². The molecule has 4 nitrogen and oxygen atoms in total. The Balaban J connectivity index is 2.35. The van der Waals surface area contributed by atoms with E-state index in [9.17, 15) is 4.79 Å². The van der Waals surface area contributed by atoms with Gasteiger partial charge in [0.05, 0.1) is 13.7 Å². The lowest BCUT2D eigenvalue weighted by atomic mass is 10.0. The molecule has 0 radical (unpaired) electrons. The van der Waals surface area contributed by atoms with E-state index in [-0.39, 0.29) is 0 Å². The molecule has 0 fully saturated rings. The monoisotopic (exact) mass is 312 g/mol. The molecule has 0 aliphatic rings. The maximum absolute atomic E-state index is 11.6. The minimum absolute atomic E-state index is 0.349. The number of esters is 1. The number of carbonyl (C=O) groups is 1. The molecule has 0 aliphatic heterocycles. The first-order chi connectivity index (χ1) is 11.0. The summed E-state index contributed by atoms with van der Waals surface area (Å²) in [7, 11) is 1.63. The fourth-order valence-electron chi connectivity index (χ4n) is 2.04. The van der Waals surface area contributed by atoms with Crippen LogP contribution in [-0.2, 0) is 4.79 Å². The van der Waals surface area contributed by atoms with Crippen molar-refractivity contribution in [2.75, 3.05) is 13.7 Å². The smallest absolute Gasteiger partial charge is 0.338 e. The summed E-state index contributed by atoms with van der Waals surface area (Å²) in [6.07, 6.45) is 0. The minimum Gasteiger partial charge on any atom is -0.497 e. The van der Waals surface area contributed by atoms with E-state index >= 15 is 0 Å². The van der Waals surface area contributed by atoms with Crippen molar-refractivity contribution in [3.05, 3.63) is 54.6 Å². The zero-order valence-corrected chi connectivity index (χ0v) is 13.6. The predicted molar refractivity (Wildman–Crippen MR) is 90.0 cm³/mol.